The number of carbonyl (C=O) groups is 1. The summed E-state index contributed by atoms with van der Waals surface area (Å²) in [4.78, 5) is 15.1. The Bertz CT molecular complexity index is 698. The first-order valence-electron chi connectivity index (χ1n) is 9.79. The summed E-state index contributed by atoms with van der Waals surface area (Å²) in [5.74, 6) is 0.0110. The number of aryl methyl sites for hydroxylation is 2. The van der Waals surface area contributed by atoms with E-state index in [9.17, 15) is 4.79 Å². The molecule has 1 atom stereocenters. The summed E-state index contributed by atoms with van der Waals surface area (Å²) < 4.78 is 0. The van der Waals surface area contributed by atoms with E-state index in [1.54, 1.807) is 0 Å². The van der Waals surface area contributed by atoms with Crippen molar-refractivity contribution in [2.24, 2.45) is 0 Å². The number of amides is 1. The van der Waals surface area contributed by atoms with Gasteiger partial charge in [-0.15, -0.1) is 0 Å². The molecule has 3 nitrogen and oxygen atoms in total. The molecule has 1 heterocycles. The van der Waals surface area contributed by atoms with Crippen LogP contribution in [0.5, 0.6) is 0 Å². The normalized spacial score (nSPS) is 16.7. The zero-order chi connectivity index (χ0) is 18.4. The van der Waals surface area contributed by atoms with Crippen LogP contribution in [0.2, 0.25) is 0 Å². The molecule has 0 spiro atoms. The topological polar surface area (TPSA) is 32.3 Å². The van der Waals surface area contributed by atoms with Gasteiger partial charge in [0.05, 0.1) is 6.04 Å². The molecule has 1 aliphatic rings. The summed E-state index contributed by atoms with van der Waals surface area (Å²) in [5, 5.41) is 3.17. The van der Waals surface area contributed by atoms with Crippen molar-refractivity contribution in [2.45, 2.75) is 45.6 Å². The molecule has 1 saturated heterocycles. The molecule has 2 aromatic rings. The minimum atomic E-state index is 0.0110. The van der Waals surface area contributed by atoms with Crippen LogP contribution < -0.4 is 5.32 Å². The highest BCUT2D eigenvalue weighted by molar-refractivity contribution is 5.94. The molecule has 3 rings (SSSR count). The molecule has 0 bridgehead atoms. The van der Waals surface area contributed by atoms with Gasteiger partial charge in [0.1, 0.15) is 0 Å². The van der Waals surface area contributed by atoms with E-state index in [-0.39, 0.29) is 11.9 Å². The molecule has 0 radical (unpaired) electrons. The second-order valence-electron chi connectivity index (χ2n) is 7.45. The number of rotatable bonds is 5. The van der Waals surface area contributed by atoms with Crippen LogP contribution in [0, 0.1) is 13.8 Å². The van der Waals surface area contributed by atoms with Crippen molar-refractivity contribution in [3.8, 4) is 0 Å². The van der Waals surface area contributed by atoms with Gasteiger partial charge in [-0.3, -0.25) is 9.69 Å². The fourth-order valence-electron chi connectivity index (χ4n) is 3.65. The summed E-state index contributed by atoms with van der Waals surface area (Å²) in [6, 6.07) is 16.8. The lowest BCUT2D eigenvalue weighted by Crippen LogP contribution is -2.38. The van der Waals surface area contributed by atoms with E-state index < -0.39 is 0 Å². The maximum atomic E-state index is 12.6. The second-order valence-corrected chi connectivity index (χ2v) is 7.45. The predicted molar refractivity (Wildman–Crippen MR) is 107 cm³/mol. The molecule has 1 aliphatic heterocycles. The molecule has 3 heteroatoms. The summed E-state index contributed by atoms with van der Waals surface area (Å²) >= 11 is 0. The number of hydrogen-bond acceptors (Lipinski definition) is 2. The Labute approximate surface area is 157 Å². The summed E-state index contributed by atoms with van der Waals surface area (Å²) in [7, 11) is 0. The van der Waals surface area contributed by atoms with Gasteiger partial charge in [-0.1, -0.05) is 60.4 Å². The van der Waals surface area contributed by atoms with Gasteiger partial charge in [-0.25, -0.2) is 0 Å². The number of hydrogen-bond donors (Lipinski definition) is 1. The van der Waals surface area contributed by atoms with E-state index >= 15 is 0 Å². The Morgan fingerprint density at radius 2 is 1.42 bits per heavy atom. The Hall–Kier alpha value is -2.13. The maximum absolute atomic E-state index is 12.6. The highest BCUT2D eigenvalue weighted by Gasteiger charge is 2.22. The van der Waals surface area contributed by atoms with Crippen LogP contribution in [0.15, 0.2) is 48.5 Å². The molecule has 0 aromatic heterocycles. The van der Waals surface area contributed by atoms with E-state index in [0.29, 0.717) is 6.54 Å². The number of benzene rings is 2. The van der Waals surface area contributed by atoms with Gasteiger partial charge in [0.2, 0.25) is 0 Å². The van der Waals surface area contributed by atoms with Crippen LogP contribution in [0.3, 0.4) is 0 Å². The van der Waals surface area contributed by atoms with Crippen molar-refractivity contribution in [3.05, 3.63) is 70.8 Å². The minimum absolute atomic E-state index is 0.0110. The van der Waals surface area contributed by atoms with Crippen molar-refractivity contribution in [3.63, 3.8) is 0 Å². The van der Waals surface area contributed by atoms with Crippen LogP contribution in [0.4, 0.5) is 0 Å². The molecule has 138 valence electrons. The second kappa shape index (κ2) is 9.00. The van der Waals surface area contributed by atoms with Crippen molar-refractivity contribution in [1.29, 1.82) is 0 Å². The van der Waals surface area contributed by atoms with Crippen LogP contribution in [0.25, 0.3) is 0 Å². The largest absolute Gasteiger partial charge is 0.350 e. The van der Waals surface area contributed by atoms with E-state index in [0.717, 1.165) is 18.7 Å². The highest BCUT2D eigenvalue weighted by atomic mass is 16.1. The number of likely N-dealkylation sites (tertiary alicyclic amines) is 1. The lowest BCUT2D eigenvalue weighted by Gasteiger charge is -2.31. The number of nitrogens with one attached hydrogen (secondary N) is 1. The van der Waals surface area contributed by atoms with Crippen molar-refractivity contribution < 1.29 is 4.79 Å². The molecular weight excluding hydrogens is 320 g/mol. The number of nitrogens with zero attached hydrogens (tertiary/aromatic N) is 1. The highest BCUT2D eigenvalue weighted by Crippen LogP contribution is 2.24. The summed E-state index contributed by atoms with van der Waals surface area (Å²) in [5.41, 5.74) is 4.46. The monoisotopic (exact) mass is 350 g/mol. The molecule has 0 aliphatic carbocycles. The Kier molecular flexibility index (Phi) is 6.45. The fraction of sp³-hybridized carbons (Fsp3) is 0.435. The Morgan fingerprint density at radius 3 is 2.00 bits per heavy atom. The number of carbonyl (C=O) groups excluding carboxylic acids is 1. The smallest absolute Gasteiger partial charge is 0.251 e. The van der Waals surface area contributed by atoms with Gasteiger partial charge in [-0.05, 0) is 57.5 Å². The SMILES string of the molecule is Cc1ccc(C(=O)NC[C@H](c2ccc(C)cc2)N2CCCCCC2)cc1. The van der Waals surface area contributed by atoms with Gasteiger partial charge >= 0.3 is 0 Å². The average molecular weight is 351 g/mol. The Morgan fingerprint density at radius 1 is 0.885 bits per heavy atom. The van der Waals surface area contributed by atoms with Gasteiger partial charge in [0.25, 0.3) is 5.91 Å². The third-order valence-corrected chi connectivity index (χ3v) is 5.31. The zero-order valence-electron chi connectivity index (χ0n) is 16.0. The molecule has 1 N–H and O–H groups in total. The van der Waals surface area contributed by atoms with Crippen LogP contribution in [0.1, 0.15) is 58.8 Å². The molecular formula is C23H30N2O. The van der Waals surface area contributed by atoms with E-state index in [1.165, 1.54) is 42.4 Å². The van der Waals surface area contributed by atoms with E-state index in [2.05, 4.69) is 41.4 Å². The first-order chi connectivity index (χ1) is 12.6. The maximum Gasteiger partial charge on any atom is 0.251 e. The van der Waals surface area contributed by atoms with E-state index in [4.69, 9.17) is 0 Å². The van der Waals surface area contributed by atoms with Gasteiger partial charge in [0.15, 0.2) is 0 Å². The average Bonchev–Trinajstić information content (AvgIpc) is 2.93. The van der Waals surface area contributed by atoms with Crippen LogP contribution >= 0.6 is 0 Å². The predicted octanol–water partition coefficient (Wildman–Crippen LogP) is 4.65. The molecule has 2 aromatic carbocycles. The van der Waals surface area contributed by atoms with Crippen LogP contribution in [-0.4, -0.2) is 30.4 Å². The standard InChI is InChI=1S/C23H30N2O/c1-18-7-11-20(12-8-18)22(25-15-5-3-4-6-16-25)17-24-23(26)21-13-9-19(2)10-14-21/h7-14,22H,3-6,15-17H2,1-2H3,(H,24,26)/t22-/m1/s1. The molecule has 26 heavy (non-hydrogen) atoms. The lowest BCUT2D eigenvalue weighted by molar-refractivity contribution is 0.0933. The first kappa shape index (κ1) is 18.7. The minimum Gasteiger partial charge on any atom is -0.350 e. The lowest BCUT2D eigenvalue weighted by atomic mass is 10.0. The Balaban J connectivity index is 1.73. The summed E-state index contributed by atoms with van der Waals surface area (Å²) in [6.07, 6.45) is 5.11. The van der Waals surface area contributed by atoms with Crippen molar-refractivity contribution in [1.82, 2.24) is 10.2 Å². The first-order valence-corrected chi connectivity index (χ1v) is 9.79. The molecule has 0 unspecified atom stereocenters. The zero-order valence-corrected chi connectivity index (χ0v) is 16.0. The van der Waals surface area contributed by atoms with Crippen LogP contribution in [-0.2, 0) is 0 Å². The molecule has 0 saturated carbocycles. The van der Waals surface area contributed by atoms with Crippen molar-refractivity contribution in [2.75, 3.05) is 19.6 Å². The van der Waals surface area contributed by atoms with Gasteiger partial charge < -0.3 is 5.32 Å². The van der Waals surface area contributed by atoms with E-state index in [1.807, 2.05) is 31.2 Å². The third-order valence-electron chi connectivity index (χ3n) is 5.31. The molecule has 1 amide bonds. The van der Waals surface area contributed by atoms with Gasteiger partial charge in [-0.2, -0.15) is 0 Å². The fourth-order valence-corrected chi connectivity index (χ4v) is 3.65. The molecule has 1 fully saturated rings. The summed E-state index contributed by atoms with van der Waals surface area (Å²) in [6.45, 7) is 7.02. The quantitative estimate of drug-likeness (QED) is 0.851. The van der Waals surface area contributed by atoms with Crippen molar-refractivity contribution >= 4 is 5.91 Å². The van der Waals surface area contributed by atoms with Gasteiger partial charge in [0, 0.05) is 12.1 Å². The third kappa shape index (κ3) is 4.95.